The van der Waals surface area contributed by atoms with Gasteiger partial charge in [0, 0.05) is 18.1 Å². The highest BCUT2D eigenvalue weighted by Gasteiger charge is 2.08. The van der Waals surface area contributed by atoms with Crippen LogP contribution >= 0.6 is 0 Å². The van der Waals surface area contributed by atoms with Gasteiger partial charge in [-0.1, -0.05) is 24.3 Å². The van der Waals surface area contributed by atoms with Crippen molar-refractivity contribution in [1.82, 2.24) is 9.55 Å². The van der Waals surface area contributed by atoms with Crippen LogP contribution in [0.15, 0.2) is 60.9 Å². The summed E-state index contributed by atoms with van der Waals surface area (Å²) >= 11 is 0. The molecule has 100 valence electrons. The third-order valence-electron chi connectivity index (χ3n) is 3.05. The van der Waals surface area contributed by atoms with Gasteiger partial charge in [0.2, 0.25) is 5.95 Å². The molecule has 0 bridgehead atoms. The Bertz CT molecular complexity index is 720. The Kier molecular flexibility index (Phi) is 3.21. The lowest BCUT2D eigenvalue weighted by Gasteiger charge is -2.10. The molecule has 3 nitrogen and oxygen atoms in total. The fourth-order valence-corrected chi connectivity index (χ4v) is 2.03. The van der Waals surface area contributed by atoms with Crippen LogP contribution in [0.5, 0.6) is 0 Å². The van der Waals surface area contributed by atoms with Crippen molar-refractivity contribution in [2.75, 3.05) is 5.32 Å². The van der Waals surface area contributed by atoms with E-state index in [1.54, 1.807) is 12.3 Å². The molecule has 1 heterocycles. The number of halogens is 1. The van der Waals surface area contributed by atoms with Crippen LogP contribution in [0.4, 0.5) is 16.0 Å². The Morgan fingerprint density at radius 1 is 1.10 bits per heavy atom. The van der Waals surface area contributed by atoms with Gasteiger partial charge in [0.05, 0.1) is 5.69 Å². The molecule has 0 atom stereocenters. The van der Waals surface area contributed by atoms with Crippen molar-refractivity contribution >= 4 is 11.6 Å². The van der Waals surface area contributed by atoms with E-state index in [2.05, 4.69) is 10.3 Å². The van der Waals surface area contributed by atoms with Gasteiger partial charge in [-0.2, -0.15) is 0 Å². The van der Waals surface area contributed by atoms with Crippen molar-refractivity contribution < 1.29 is 4.39 Å². The molecule has 1 aromatic heterocycles. The third-order valence-corrected chi connectivity index (χ3v) is 3.05. The van der Waals surface area contributed by atoms with E-state index in [0.717, 1.165) is 11.3 Å². The van der Waals surface area contributed by atoms with Gasteiger partial charge in [-0.3, -0.25) is 4.57 Å². The van der Waals surface area contributed by atoms with E-state index in [4.69, 9.17) is 0 Å². The van der Waals surface area contributed by atoms with Crippen LogP contribution in [0, 0.1) is 12.7 Å². The molecule has 3 rings (SSSR count). The molecule has 0 amide bonds. The largest absolute Gasteiger partial charge is 0.323 e. The summed E-state index contributed by atoms with van der Waals surface area (Å²) in [5, 5.41) is 3.02. The fraction of sp³-hybridized carbons (Fsp3) is 0.0625. The minimum atomic E-state index is -0.285. The van der Waals surface area contributed by atoms with E-state index in [9.17, 15) is 4.39 Å². The number of aromatic nitrogens is 2. The van der Waals surface area contributed by atoms with E-state index in [1.807, 2.05) is 54.1 Å². The molecule has 0 aliphatic carbocycles. The predicted molar refractivity (Wildman–Crippen MR) is 78.0 cm³/mol. The topological polar surface area (TPSA) is 29.9 Å². The highest BCUT2D eigenvalue weighted by atomic mass is 19.1. The number of imidazole rings is 1. The summed E-state index contributed by atoms with van der Waals surface area (Å²) in [4.78, 5) is 4.24. The zero-order chi connectivity index (χ0) is 13.9. The standard InChI is InChI=1S/C16H14FN3/c1-12-7-8-15(14(17)11-12)19-16-18-9-10-20(16)13-5-3-2-4-6-13/h2-11H,1H3,(H,18,19). The summed E-state index contributed by atoms with van der Waals surface area (Å²) in [6.07, 6.45) is 3.52. The first-order valence-corrected chi connectivity index (χ1v) is 6.36. The van der Waals surface area contributed by atoms with Gasteiger partial charge in [-0.25, -0.2) is 9.37 Å². The normalized spacial score (nSPS) is 10.5. The Morgan fingerprint density at radius 2 is 1.90 bits per heavy atom. The van der Waals surface area contributed by atoms with E-state index in [-0.39, 0.29) is 5.82 Å². The van der Waals surface area contributed by atoms with E-state index in [1.165, 1.54) is 6.07 Å². The van der Waals surface area contributed by atoms with E-state index < -0.39 is 0 Å². The maximum atomic E-state index is 13.9. The first kappa shape index (κ1) is 12.4. The molecule has 0 saturated heterocycles. The highest BCUT2D eigenvalue weighted by Crippen LogP contribution is 2.22. The SMILES string of the molecule is Cc1ccc(Nc2nccn2-c2ccccc2)c(F)c1. The lowest BCUT2D eigenvalue weighted by atomic mass is 10.2. The summed E-state index contributed by atoms with van der Waals surface area (Å²) < 4.78 is 15.8. The quantitative estimate of drug-likeness (QED) is 0.775. The number of benzene rings is 2. The number of rotatable bonds is 3. The Labute approximate surface area is 116 Å². The van der Waals surface area contributed by atoms with Gasteiger partial charge in [0.15, 0.2) is 0 Å². The minimum absolute atomic E-state index is 0.285. The second-order valence-corrected chi connectivity index (χ2v) is 4.56. The number of anilines is 2. The smallest absolute Gasteiger partial charge is 0.212 e. The Hall–Kier alpha value is -2.62. The first-order valence-electron chi connectivity index (χ1n) is 6.36. The van der Waals surface area contributed by atoms with Gasteiger partial charge in [-0.15, -0.1) is 0 Å². The Morgan fingerprint density at radius 3 is 2.65 bits per heavy atom. The van der Waals surface area contributed by atoms with Gasteiger partial charge >= 0.3 is 0 Å². The zero-order valence-corrected chi connectivity index (χ0v) is 11.0. The number of hydrogen-bond donors (Lipinski definition) is 1. The predicted octanol–water partition coefficient (Wildman–Crippen LogP) is 4.06. The number of nitrogens with one attached hydrogen (secondary N) is 1. The van der Waals surface area contributed by atoms with Gasteiger partial charge < -0.3 is 5.32 Å². The van der Waals surface area contributed by atoms with E-state index in [0.29, 0.717) is 11.6 Å². The van der Waals surface area contributed by atoms with Crippen LogP contribution in [0.2, 0.25) is 0 Å². The van der Waals surface area contributed by atoms with Crippen molar-refractivity contribution in [3.05, 3.63) is 72.3 Å². The number of para-hydroxylation sites is 1. The van der Waals surface area contributed by atoms with Crippen molar-refractivity contribution in [2.24, 2.45) is 0 Å². The first-order chi connectivity index (χ1) is 9.74. The molecule has 3 aromatic rings. The molecule has 0 aliphatic heterocycles. The van der Waals surface area contributed by atoms with Crippen LogP contribution < -0.4 is 5.32 Å². The molecule has 0 aliphatic rings. The molecule has 4 heteroatoms. The van der Waals surface area contributed by atoms with Gasteiger partial charge in [0.25, 0.3) is 0 Å². The van der Waals surface area contributed by atoms with Crippen LogP contribution in [-0.2, 0) is 0 Å². The van der Waals surface area contributed by atoms with Crippen molar-refractivity contribution in [1.29, 1.82) is 0 Å². The summed E-state index contributed by atoms with van der Waals surface area (Å²) in [6.45, 7) is 1.86. The zero-order valence-electron chi connectivity index (χ0n) is 11.0. The van der Waals surface area contributed by atoms with Crippen molar-refractivity contribution in [3.63, 3.8) is 0 Å². The van der Waals surface area contributed by atoms with E-state index >= 15 is 0 Å². The maximum Gasteiger partial charge on any atom is 0.212 e. The monoisotopic (exact) mass is 267 g/mol. The molecule has 0 unspecified atom stereocenters. The highest BCUT2D eigenvalue weighted by molar-refractivity contribution is 5.57. The summed E-state index contributed by atoms with van der Waals surface area (Å²) in [5.74, 6) is 0.298. The molecule has 2 aromatic carbocycles. The van der Waals surface area contributed by atoms with Crippen LogP contribution in [0.3, 0.4) is 0 Å². The third kappa shape index (κ3) is 2.40. The van der Waals surface area contributed by atoms with Crippen LogP contribution in [-0.4, -0.2) is 9.55 Å². The number of aryl methyl sites for hydroxylation is 1. The summed E-state index contributed by atoms with van der Waals surface area (Å²) in [7, 11) is 0. The average Bonchev–Trinajstić information content (AvgIpc) is 2.91. The molecule has 0 saturated carbocycles. The second kappa shape index (κ2) is 5.17. The number of nitrogens with zero attached hydrogens (tertiary/aromatic N) is 2. The Balaban J connectivity index is 1.95. The van der Waals surface area contributed by atoms with Crippen LogP contribution in [0.25, 0.3) is 5.69 Å². The molecule has 20 heavy (non-hydrogen) atoms. The molecule has 0 fully saturated rings. The fourth-order valence-electron chi connectivity index (χ4n) is 2.03. The van der Waals surface area contributed by atoms with Crippen molar-refractivity contribution in [2.45, 2.75) is 6.92 Å². The molecule has 1 N–H and O–H groups in total. The maximum absolute atomic E-state index is 13.9. The van der Waals surface area contributed by atoms with Gasteiger partial charge in [0.1, 0.15) is 5.82 Å². The molecule has 0 radical (unpaired) electrons. The van der Waals surface area contributed by atoms with Crippen LogP contribution in [0.1, 0.15) is 5.56 Å². The molecular weight excluding hydrogens is 253 g/mol. The number of hydrogen-bond acceptors (Lipinski definition) is 2. The van der Waals surface area contributed by atoms with Crippen molar-refractivity contribution in [3.8, 4) is 5.69 Å². The van der Waals surface area contributed by atoms with Gasteiger partial charge in [-0.05, 0) is 36.8 Å². The lowest BCUT2D eigenvalue weighted by Crippen LogP contribution is -2.02. The second-order valence-electron chi connectivity index (χ2n) is 4.56. The average molecular weight is 267 g/mol. The summed E-state index contributed by atoms with van der Waals surface area (Å²) in [5.41, 5.74) is 2.28. The molecular formula is C16H14FN3. The minimum Gasteiger partial charge on any atom is -0.323 e. The lowest BCUT2D eigenvalue weighted by molar-refractivity contribution is 0.630. The molecule has 0 spiro atoms. The summed E-state index contributed by atoms with van der Waals surface area (Å²) in [6, 6.07) is 14.9.